The number of H-pyrrole nitrogens is 2. The van der Waals surface area contributed by atoms with Crippen LogP contribution >= 0.6 is 0 Å². The molecule has 0 aliphatic rings. The van der Waals surface area contributed by atoms with Crippen molar-refractivity contribution in [1.29, 1.82) is 0 Å². The molecule has 9 heteroatoms. The van der Waals surface area contributed by atoms with E-state index >= 15 is 0 Å². The molecule has 0 aliphatic heterocycles. The molecule has 0 bridgehead atoms. The standard InChI is InChI=1S/C21H15N9/c1-12-9-30(11-25-12)21-14-6-18(26-16(14)4-5-24-21)20-19-17(28-29-20)3-2-15(27-19)13-7-22-10-23-8-13/h2-11,26H,1H3,(H,28,29). The Kier molecular flexibility index (Phi) is 3.48. The van der Waals surface area contributed by atoms with Gasteiger partial charge in [0.15, 0.2) is 0 Å². The summed E-state index contributed by atoms with van der Waals surface area (Å²) in [6.07, 6.45) is 10.5. The molecule has 0 saturated heterocycles. The van der Waals surface area contributed by atoms with Gasteiger partial charge >= 0.3 is 0 Å². The zero-order valence-electron chi connectivity index (χ0n) is 15.9. The topological polar surface area (TPSA) is 114 Å². The molecule has 0 spiro atoms. The molecule has 6 aromatic heterocycles. The van der Waals surface area contributed by atoms with Crippen molar-refractivity contribution in [3.8, 4) is 28.5 Å². The van der Waals surface area contributed by atoms with Gasteiger partial charge in [0.2, 0.25) is 0 Å². The molecule has 30 heavy (non-hydrogen) atoms. The van der Waals surface area contributed by atoms with Crippen molar-refractivity contribution in [1.82, 2.24) is 44.7 Å². The van der Waals surface area contributed by atoms with Crippen LogP contribution in [0.4, 0.5) is 0 Å². The first-order chi connectivity index (χ1) is 14.8. The van der Waals surface area contributed by atoms with E-state index in [1.165, 1.54) is 6.33 Å². The summed E-state index contributed by atoms with van der Waals surface area (Å²) < 4.78 is 1.92. The van der Waals surface area contributed by atoms with Gasteiger partial charge < -0.3 is 4.98 Å². The number of hydrogen-bond acceptors (Lipinski definition) is 6. The van der Waals surface area contributed by atoms with Crippen LogP contribution in [-0.4, -0.2) is 44.7 Å². The second-order valence-electron chi connectivity index (χ2n) is 6.99. The van der Waals surface area contributed by atoms with E-state index in [9.17, 15) is 0 Å². The fourth-order valence-corrected chi connectivity index (χ4v) is 3.59. The van der Waals surface area contributed by atoms with Gasteiger partial charge in [0, 0.05) is 35.7 Å². The fraction of sp³-hybridized carbons (Fsp3) is 0.0476. The first kappa shape index (κ1) is 16.5. The van der Waals surface area contributed by atoms with Crippen LogP contribution in [0.5, 0.6) is 0 Å². The van der Waals surface area contributed by atoms with Gasteiger partial charge in [-0.25, -0.2) is 24.9 Å². The van der Waals surface area contributed by atoms with Gasteiger partial charge in [-0.3, -0.25) is 9.67 Å². The average Bonchev–Trinajstić information content (AvgIpc) is 3.51. The summed E-state index contributed by atoms with van der Waals surface area (Å²) in [6, 6.07) is 7.88. The van der Waals surface area contributed by atoms with Crippen LogP contribution in [0.1, 0.15) is 5.69 Å². The largest absolute Gasteiger partial charge is 0.353 e. The van der Waals surface area contributed by atoms with E-state index in [2.05, 4.69) is 35.1 Å². The van der Waals surface area contributed by atoms with Gasteiger partial charge in [0.1, 0.15) is 29.7 Å². The maximum Gasteiger partial charge on any atom is 0.147 e. The predicted molar refractivity (Wildman–Crippen MR) is 112 cm³/mol. The Hall–Kier alpha value is -4.40. The highest BCUT2D eigenvalue weighted by Crippen LogP contribution is 2.31. The number of hydrogen-bond donors (Lipinski definition) is 2. The lowest BCUT2D eigenvalue weighted by Gasteiger charge is -2.01. The highest BCUT2D eigenvalue weighted by Gasteiger charge is 2.16. The first-order valence-corrected chi connectivity index (χ1v) is 9.36. The Balaban J connectivity index is 1.52. The molecule has 0 atom stereocenters. The minimum atomic E-state index is 0.743. The smallest absolute Gasteiger partial charge is 0.147 e. The molecule has 2 N–H and O–H groups in total. The predicted octanol–water partition coefficient (Wildman–Crippen LogP) is 3.45. The summed E-state index contributed by atoms with van der Waals surface area (Å²) in [5.74, 6) is 0.811. The van der Waals surface area contributed by atoms with Gasteiger partial charge in [-0.15, -0.1) is 0 Å². The molecule has 0 fully saturated rings. The second-order valence-corrected chi connectivity index (χ2v) is 6.99. The number of nitrogens with one attached hydrogen (secondary N) is 2. The van der Waals surface area contributed by atoms with Crippen LogP contribution in [-0.2, 0) is 0 Å². The van der Waals surface area contributed by atoms with Crippen molar-refractivity contribution in [3.05, 3.63) is 67.4 Å². The SMILES string of the molecule is Cc1cn(-c2nccc3[nH]c(-c4n[nH]c5ccc(-c6cncnc6)nc45)cc23)cn1. The third-order valence-electron chi connectivity index (χ3n) is 5.00. The second kappa shape index (κ2) is 6.31. The Labute approximate surface area is 169 Å². The van der Waals surface area contributed by atoms with Crippen LogP contribution in [0.3, 0.4) is 0 Å². The summed E-state index contributed by atoms with van der Waals surface area (Å²) in [7, 11) is 0. The summed E-state index contributed by atoms with van der Waals surface area (Å²) in [6.45, 7) is 1.95. The molecular formula is C21H15N9. The van der Waals surface area contributed by atoms with E-state index in [0.717, 1.165) is 56.1 Å². The molecule has 6 aromatic rings. The minimum Gasteiger partial charge on any atom is -0.353 e. The van der Waals surface area contributed by atoms with E-state index in [0.29, 0.717) is 0 Å². The highest BCUT2D eigenvalue weighted by molar-refractivity contribution is 5.96. The van der Waals surface area contributed by atoms with E-state index in [1.807, 2.05) is 42.0 Å². The highest BCUT2D eigenvalue weighted by atomic mass is 15.1. The molecule has 6 rings (SSSR count). The molecule has 0 saturated carbocycles. The summed E-state index contributed by atoms with van der Waals surface area (Å²) >= 11 is 0. The summed E-state index contributed by atoms with van der Waals surface area (Å²) in [5, 5.41) is 8.56. The maximum atomic E-state index is 4.81. The van der Waals surface area contributed by atoms with Crippen molar-refractivity contribution < 1.29 is 0 Å². The van der Waals surface area contributed by atoms with E-state index in [4.69, 9.17) is 4.98 Å². The van der Waals surface area contributed by atoms with E-state index in [1.54, 1.807) is 24.9 Å². The summed E-state index contributed by atoms with van der Waals surface area (Å²) in [4.78, 5) is 25.3. The van der Waals surface area contributed by atoms with Gasteiger partial charge in [-0.05, 0) is 31.2 Å². The molecule has 0 aromatic carbocycles. The monoisotopic (exact) mass is 393 g/mol. The van der Waals surface area contributed by atoms with Crippen molar-refractivity contribution in [3.63, 3.8) is 0 Å². The molecule has 0 amide bonds. The van der Waals surface area contributed by atoms with Crippen LogP contribution in [0.2, 0.25) is 0 Å². The summed E-state index contributed by atoms with van der Waals surface area (Å²) in [5.41, 5.74) is 6.77. The van der Waals surface area contributed by atoms with Crippen molar-refractivity contribution in [2.45, 2.75) is 6.92 Å². The number of fused-ring (bicyclic) bond motifs is 2. The lowest BCUT2D eigenvalue weighted by molar-refractivity contribution is 1.01. The van der Waals surface area contributed by atoms with Gasteiger partial charge in [-0.1, -0.05) is 0 Å². The van der Waals surface area contributed by atoms with Crippen LogP contribution in [0, 0.1) is 6.92 Å². The fourth-order valence-electron chi connectivity index (χ4n) is 3.59. The first-order valence-electron chi connectivity index (χ1n) is 9.36. The molecule has 0 aliphatic carbocycles. The molecule has 144 valence electrons. The van der Waals surface area contributed by atoms with Crippen LogP contribution in [0.25, 0.3) is 50.4 Å². The zero-order chi connectivity index (χ0) is 20.1. The number of rotatable bonds is 3. The third-order valence-corrected chi connectivity index (χ3v) is 5.00. The normalized spacial score (nSPS) is 11.5. The number of pyridine rings is 2. The lowest BCUT2D eigenvalue weighted by atomic mass is 10.2. The Morgan fingerprint density at radius 1 is 1.00 bits per heavy atom. The van der Waals surface area contributed by atoms with Crippen molar-refractivity contribution in [2.24, 2.45) is 0 Å². The molecular weight excluding hydrogens is 378 g/mol. The van der Waals surface area contributed by atoms with Crippen LogP contribution < -0.4 is 0 Å². The average molecular weight is 393 g/mol. The molecule has 0 radical (unpaired) electrons. The maximum absolute atomic E-state index is 4.81. The van der Waals surface area contributed by atoms with E-state index < -0.39 is 0 Å². The Morgan fingerprint density at radius 2 is 1.90 bits per heavy atom. The Morgan fingerprint density at radius 3 is 2.73 bits per heavy atom. The number of aromatic amines is 2. The number of aryl methyl sites for hydroxylation is 1. The Bertz CT molecular complexity index is 1510. The molecule has 0 unspecified atom stereocenters. The molecule has 6 heterocycles. The number of imidazole rings is 1. The van der Waals surface area contributed by atoms with Gasteiger partial charge in [0.05, 0.1) is 28.1 Å². The van der Waals surface area contributed by atoms with Crippen LogP contribution in [0.15, 0.2) is 61.7 Å². The van der Waals surface area contributed by atoms with Crippen molar-refractivity contribution in [2.75, 3.05) is 0 Å². The molecule has 9 nitrogen and oxygen atoms in total. The van der Waals surface area contributed by atoms with Gasteiger partial charge in [0.25, 0.3) is 0 Å². The van der Waals surface area contributed by atoms with Crippen molar-refractivity contribution >= 4 is 21.9 Å². The third kappa shape index (κ3) is 2.56. The lowest BCUT2D eigenvalue weighted by Crippen LogP contribution is -1.94. The minimum absolute atomic E-state index is 0.743. The van der Waals surface area contributed by atoms with Gasteiger partial charge in [-0.2, -0.15) is 5.10 Å². The number of aromatic nitrogens is 9. The quantitative estimate of drug-likeness (QED) is 0.476. The van der Waals surface area contributed by atoms with E-state index in [-0.39, 0.29) is 0 Å². The number of nitrogens with zero attached hydrogens (tertiary/aromatic N) is 7. The zero-order valence-corrected chi connectivity index (χ0v) is 15.9.